The maximum atomic E-state index is 12.0. The van der Waals surface area contributed by atoms with Crippen LogP contribution in [0, 0.1) is 11.3 Å². The highest BCUT2D eigenvalue weighted by atomic mass is 32.2. The number of nitrogens with one attached hydrogen (secondary N) is 1. The SMILES string of the molecule is CS(=O)(=O)c1cccc(N2CCN(c3ncnc4ccc(-c5cn[nH]c5-c5ccc(C#N)cc5)cc34)CC2)c1.O=C(O)C(F)(F)F.O=C(O)C(F)(F)F.O=C(O)C(F)(F)F. The molecule has 0 saturated carbocycles. The van der Waals surface area contributed by atoms with E-state index in [1.54, 1.807) is 36.7 Å². The molecule has 25 heteroatoms. The number of hydrogen-bond donors (Lipinski definition) is 4. The van der Waals surface area contributed by atoms with Gasteiger partial charge in [0.05, 0.1) is 33.9 Å². The fourth-order valence-corrected chi connectivity index (χ4v) is 5.65. The van der Waals surface area contributed by atoms with Crippen LogP contribution in [0.4, 0.5) is 51.0 Å². The molecule has 0 spiro atoms. The molecule has 0 bridgehead atoms. The topological polar surface area (TPSA) is 231 Å². The molecular weight excluding hydrogens is 849 g/mol. The summed E-state index contributed by atoms with van der Waals surface area (Å²) in [7, 11) is -3.26. The number of fused-ring (bicyclic) bond motifs is 1. The van der Waals surface area contributed by atoms with Gasteiger partial charge in [-0.25, -0.2) is 32.8 Å². The van der Waals surface area contributed by atoms with Crippen LogP contribution in [0.5, 0.6) is 0 Å². The zero-order chi connectivity index (χ0) is 45.2. The highest BCUT2D eigenvalue weighted by molar-refractivity contribution is 7.90. The Morgan fingerprint density at radius 2 is 1.23 bits per heavy atom. The fourth-order valence-electron chi connectivity index (χ4n) is 4.99. The highest BCUT2D eigenvalue weighted by Gasteiger charge is 2.39. The number of carboxylic acid groups (broad SMARTS) is 3. The van der Waals surface area contributed by atoms with Gasteiger partial charge in [0.25, 0.3) is 0 Å². The van der Waals surface area contributed by atoms with E-state index < -0.39 is 46.3 Å². The van der Waals surface area contributed by atoms with Gasteiger partial charge in [-0.1, -0.05) is 24.3 Å². The molecule has 0 aliphatic carbocycles. The molecule has 1 saturated heterocycles. The van der Waals surface area contributed by atoms with E-state index in [0.29, 0.717) is 10.5 Å². The number of sulfone groups is 1. The predicted molar refractivity (Wildman–Crippen MR) is 192 cm³/mol. The van der Waals surface area contributed by atoms with E-state index in [0.717, 1.165) is 71.0 Å². The van der Waals surface area contributed by atoms with Gasteiger partial charge in [0.15, 0.2) is 9.84 Å². The molecule has 0 unspecified atom stereocenters. The normalized spacial score (nSPS) is 13.0. The molecule has 0 amide bonds. The fraction of sp³-hybridized carbons (Fsp3) is 0.229. The van der Waals surface area contributed by atoms with Crippen molar-refractivity contribution in [2.75, 3.05) is 42.2 Å². The highest BCUT2D eigenvalue weighted by Crippen LogP contribution is 2.34. The van der Waals surface area contributed by atoms with Crippen LogP contribution >= 0.6 is 0 Å². The molecule has 5 aromatic rings. The standard InChI is InChI=1S/C29H25N7O2S.3C2HF3O2/c1-39(37,38)24-4-2-3-23(16-24)35-11-13-36(14-12-35)29-25-15-22(9-10-27(25)31-19-32-29)26-18-33-34-28(26)21-7-5-20(17-30)6-8-21;3*3-2(4,5)1(6)7/h2-10,15-16,18-19H,11-14H2,1H3,(H,33,34);3*(H,6,7). The lowest BCUT2D eigenvalue weighted by Crippen LogP contribution is -2.47. The van der Waals surface area contributed by atoms with Gasteiger partial charge in [-0.2, -0.15) is 49.9 Å². The molecule has 6 rings (SSSR count). The molecule has 3 heterocycles. The first-order valence-electron chi connectivity index (χ1n) is 16.2. The Kier molecular flexibility index (Phi) is 15.2. The molecule has 0 radical (unpaired) electrons. The van der Waals surface area contributed by atoms with Crippen molar-refractivity contribution in [1.29, 1.82) is 5.26 Å². The second kappa shape index (κ2) is 19.2. The van der Waals surface area contributed by atoms with Gasteiger partial charge >= 0.3 is 36.4 Å². The molecule has 15 nitrogen and oxygen atoms in total. The lowest BCUT2D eigenvalue weighted by atomic mass is 9.99. The quantitative estimate of drug-likeness (QED) is 0.144. The lowest BCUT2D eigenvalue weighted by molar-refractivity contribution is -0.193. The molecule has 1 aliphatic heterocycles. The van der Waals surface area contributed by atoms with Crippen LogP contribution in [0.3, 0.4) is 0 Å². The van der Waals surface area contributed by atoms with E-state index in [-0.39, 0.29) is 0 Å². The Morgan fingerprint density at radius 1 is 0.733 bits per heavy atom. The van der Waals surface area contributed by atoms with Gasteiger partial charge in [0, 0.05) is 54.6 Å². The van der Waals surface area contributed by atoms with Crippen molar-refractivity contribution in [2.45, 2.75) is 23.4 Å². The number of carbonyl (C=O) groups is 3. The minimum atomic E-state index is -5.08. The van der Waals surface area contributed by atoms with Crippen molar-refractivity contribution in [3.63, 3.8) is 0 Å². The second-order valence-corrected chi connectivity index (χ2v) is 13.9. The van der Waals surface area contributed by atoms with Gasteiger partial charge in [-0.15, -0.1) is 0 Å². The number of aromatic amines is 1. The Morgan fingerprint density at radius 3 is 1.72 bits per heavy atom. The first kappa shape index (κ1) is 47.4. The van der Waals surface area contributed by atoms with Crippen molar-refractivity contribution in [3.05, 3.63) is 84.8 Å². The molecule has 2 aromatic heterocycles. The Hall–Kier alpha value is -6.97. The third kappa shape index (κ3) is 13.3. The number of anilines is 2. The number of benzene rings is 3. The number of hydrogen-bond acceptors (Lipinski definition) is 11. The first-order chi connectivity index (χ1) is 27.7. The summed E-state index contributed by atoms with van der Waals surface area (Å²) in [5.41, 5.74) is 6.13. The van der Waals surface area contributed by atoms with E-state index in [1.807, 2.05) is 36.5 Å². The number of nitrogens with zero attached hydrogens (tertiary/aromatic N) is 6. The minimum absolute atomic E-state index is 0.330. The van der Waals surface area contributed by atoms with Crippen molar-refractivity contribution in [1.82, 2.24) is 20.2 Å². The predicted octanol–water partition coefficient (Wildman–Crippen LogP) is 6.19. The maximum Gasteiger partial charge on any atom is 0.490 e. The summed E-state index contributed by atoms with van der Waals surface area (Å²) in [5, 5.41) is 38.8. The van der Waals surface area contributed by atoms with Crippen LogP contribution in [-0.4, -0.2) is 113 Å². The summed E-state index contributed by atoms with van der Waals surface area (Å²) >= 11 is 0. The number of aromatic nitrogens is 4. The smallest absolute Gasteiger partial charge is 0.475 e. The van der Waals surface area contributed by atoms with Crippen molar-refractivity contribution < 1.29 is 77.6 Å². The maximum absolute atomic E-state index is 12.0. The van der Waals surface area contributed by atoms with E-state index in [9.17, 15) is 47.9 Å². The van der Waals surface area contributed by atoms with Crippen LogP contribution in [0.25, 0.3) is 33.3 Å². The van der Waals surface area contributed by atoms with Crippen molar-refractivity contribution in [2.24, 2.45) is 0 Å². The minimum Gasteiger partial charge on any atom is -0.475 e. The molecule has 0 atom stereocenters. The molecule has 320 valence electrons. The molecule has 1 aliphatic rings. The lowest BCUT2D eigenvalue weighted by Gasteiger charge is -2.37. The molecule has 4 N–H and O–H groups in total. The van der Waals surface area contributed by atoms with Gasteiger partial charge in [-0.3, -0.25) is 5.10 Å². The third-order valence-corrected chi connectivity index (χ3v) is 8.90. The Bertz CT molecular complexity index is 2400. The van der Waals surface area contributed by atoms with Gasteiger partial charge in [0.1, 0.15) is 12.1 Å². The zero-order valence-corrected chi connectivity index (χ0v) is 31.0. The number of alkyl halides is 9. The molecule has 60 heavy (non-hydrogen) atoms. The molecular formula is C35H28F9N7O8S. The number of nitriles is 1. The molecule has 1 fully saturated rings. The summed E-state index contributed by atoms with van der Waals surface area (Å²) in [6.07, 6.45) is -10.6. The number of rotatable bonds is 5. The number of aliphatic carboxylic acids is 3. The molecule has 3 aromatic carbocycles. The van der Waals surface area contributed by atoms with Crippen LogP contribution in [0.15, 0.2) is 84.1 Å². The van der Waals surface area contributed by atoms with E-state index in [2.05, 4.69) is 42.1 Å². The van der Waals surface area contributed by atoms with Gasteiger partial charge in [-0.05, 0) is 48.0 Å². The summed E-state index contributed by atoms with van der Waals surface area (Å²) in [6, 6.07) is 22.8. The zero-order valence-electron chi connectivity index (χ0n) is 30.2. The average molecular weight is 878 g/mol. The Balaban J connectivity index is 0.000000377. The number of piperazine rings is 1. The average Bonchev–Trinajstić information content (AvgIpc) is 3.67. The summed E-state index contributed by atoms with van der Waals surface area (Å²) in [5.74, 6) is -7.40. The van der Waals surface area contributed by atoms with Gasteiger partial charge < -0.3 is 25.1 Å². The summed E-state index contributed by atoms with van der Waals surface area (Å²) in [4.78, 5) is 40.6. The van der Waals surface area contributed by atoms with Crippen molar-refractivity contribution in [3.8, 4) is 28.5 Å². The van der Waals surface area contributed by atoms with E-state index in [4.69, 9.17) is 35.0 Å². The number of H-pyrrole nitrogens is 1. The monoisotopic (exact) mass is 877 g/mol. The van der Waals surface area contributed by atoms with E-state index >= 15 is 0 Å². The van der Waals surface area contributed by atoms with Crippen molar-refractivity contribution >= 4 is 50.2 Å². The van der Waals surface area contributed by atoms with Crippen LogP contribution < -0.4 is 9.80 Å². The summed E-state index contributed by atoms with van der Waals surface area (Å²) < 4.78 is 119. The number of carboxylic acids is 3. The Labute approximate surface area is 331 Å². The second-order valence-electron chi connectivity index (χ2n) is 11.9. The third-order valence-electron chi connectivity index (χ3n) is 7.78. The van der Waals surface area contributed by atoms with Gasteiger partial charge in [0.2, 0.25) is 0 Å². The largest absolute Gasteiger partial charge is 0.490 e. The summed E-state index contributed by atoms with van der Waals surface area (Å²) in [6.45, 7) is 2.95. The van der Waals surface area contributed by atoms with Crippen LogP contribution in [0.2, 0.25) is 0 Å². The van der Waals surface area contributed by atoms with Crippen LogP contribution in [0.1, 0.15) is 5.56 Å². The van der Waals surface area contributed by atoms with E-state index in [1.165, 1.54) is 6.26 Å². The van der Waals surface area contributed by atoms with Crippen LogP contribution in [-0.2, 0) is 24.2 Å². The number of halogens is 9. The first-order valence-corrected chi connectivity index (χ1v) is 18.1.